The molecule has 0 fully saturated rings. The van der Waals surface area contributed by atoms with E-state index >= 15 is 0 Å². The van der Waals surface area contributed by atoms with E-state index in [9.17, 15) is 18.9 Å². The van der Waals surface area contributed by atoms with E-state index in [0.717, 1.165) is 23.8 Å². The van der Waals surface area contributed by atoms with Gasteiger partial charge in [-0.25, -0.2) is 8.78 Å². The summed E-state index contributed by atoms with van der Waals surface area (Å²) in [5, 5.41) is 11.4. The number of hydrogen-bond acceptors (Lipinski definition) is 3. The highest BCUT2D eigenvalue weighted by atomic mass is 79.9. The first-order valence-corrected chi connectivity index (χ1v) is 7.03. The molecule has 0 amide bonds. The molecule has 0 aliphatic carbocycles. The van der Waals surface area contributed by atoms with Gasteiger partial charge in [0.25, 0.3) is 0 Å². The third-order valence-electron chi connectivity index (χ3n) is 2.77. The van der Waals surface area contributed by atoms with Crippen molar-refractivity contribution in [2.45, 2.75) is 11.9 Å². The number of nitro benzene ring substituents is 1. The van der Waals surface area contributed by atoms with Gasteiger partial charge < -0.3 is 4.74 Å². The van der Waals surface area contributed by atoms with Crippen molar-refractivity contribution in [2.24, 2.45) is 0 Å². The largest absolute Gasteiger partial charge is 0.482 e. The Kier molecular flexibility index (Phi) is 4.85. The van der Waals surface area contributed by atoms with E-state index in [2.05, 4.69) is 15.9 Å². The summed E-state index contributed by atoms with van der Waals surface area (Å²) >= 11 is 3.24. The summed E-state index contributed by atoms with van der Waals surface area (Å²) in [6.45, 7) is -0.295. The number of alkyl halides is 1. The first kappa shape index (κ1) is 15.4. The van der Waals surface area contributed by atoms with Crippen LogP contribution in [0.1, 0.15) is 11.1 Å². The first-order valence-electron chi connectivity index (χ1n) is 5.91. The minimum Gasteiger partial charge on any atom is -0.482 e. The molecule has 7 heteroatoms. The van der Waals surface area contributed by atoms with Crippen molar-refractivity contribution >= 4 is 21.6 Å². The number of nitrogens with zero attached hydrogens (tertiary/aromatic N) is 1. The zero-order chi connectivity index (χ0) is 15.4. The van der Waals surface area contributed by atoms with Gasteiger partial charge >= 0.3 is 5.69 Å². The van der Waals surface area contributed by atoms with Crippen molar-refractivity contribution in [3.05, 3.63) is 69.3 Å². The van der Waals surface area contributed by atoms with Gasteiger partial charge in [0.1, 0.15) is 18.2 Å². The minimum atomic E-state index is -0.629. The Labute approximate surface area is 127 Å². The Morgan fingerprint density at radius 1 is 1.19 bits per heavy atom. The first-order chi connectivity index (χ1) is 10.0. The number of hydrogen-bond donors (Lipinski definition) is 0. The fraction of sp³-hybridized carbons (Fsp3) is 0.143. The van der Waals surface area contributed by atoms with Crippen LogP contribution in [0.15, 0.2) is 36.4 Å². The highest BCUT2D eigenvalue weighted by molar-refractivity contribution is 9.08. The summed E-state index contributed by atoms with van der Waals surface area (Å²) < 4.78 is 31.8. The van der Waals surface area contributed by atoms with Gasteiger partial charge in [0.2, 0.25) is 0 Å². The van der Waals surface area contributed by atoms with E-state index in [1.165, 1.54) is 12.1 Å². The molecular formula is C14H10BrF2NO3. The van der Waals surface area contributed by atoms with E-state index in [-0.39, 0.29) is 23.6 Å². The second-order valence-corrected chi connectivity index (χ2v) is 4.78. The molecule has 0 saturated carbocycles. The fourth-order valence-electron chi connectivity index (χ4n) is 1.72. The zero-order valence-electron chi connectivity index (χ0n) is 10.7. The van der Waals surface area contributed by atoms with Crippen LogP contribution < -0.4 is 4.74 Å². The normalized spacial score (nSPS) is 10.4. The van der Waals surface area contributed by atoms with Crippen LogP contribution >= 0.6 is 15.9 Å². The Morgan fingerprint density at radius 2 is 1.95 bits per heavy atom. The quantitative estimate of drug-likeness (QED) is 0.454. The molecule has 110 valence electrons. The summed E-state index contributed by atoms with van der Waals surface area (Å²) in [6.07, 6.45) is 0. The van der Waals surface area contributed by atoms with Crippen molar-refractivity contribution in [1.82, 2.24) is 0 Å². The maximum atomic E-state index is 13.5. The summed E-state index contributed by atoms with van der Waals surface area (Å²) in [5.41, 5.74) is 0.542. The second-order valence-electron chi connectivity index (χ2n) is 4.22. The number of benzene rings is 2. The Hall–Kier alpha value is -2.02. The lowest BCUT2D eigenvalue weighted by Gasteiger charge is -2.09. The van der Waals surface area contributed by atoms with Gasteiger partial charge in [-0.05, 0) is 29.8 Å². The molecule has 0 aliphatic heterocycles. The van der Waals surface area contributed by atoms with Crippen LogP contribution in [0.2, 0.25) is 0 Å². The van der Waals surface area contributed by atoms with Gasteiger partial charge in [0, 0.05) is 17.0 Å². The van der Waals surface area contributed by atoms with E-state index in [0.29, 0.717) is 5.33 Å². The van der Waals surface area contributed by atoms with Gasteiger partial charge in [-0.3, -0.25) is 10.1 Å². The van der Waals surface area contributed by atoms with E-state index in [4.69, 9.17) is 4.74 Å². The molecule has 0 spiro atoms. The summed E-state index contributed by atoms with van der Waals surface area (Å²) in [5.74, 6) is -1.21. The SMILES string of the molecule is O=[N+]([O-])c1ccc(CBr)cc1OCc1cc(F)ccc1F. The molecule has 0 N–H and O–H groups in total. The molecule has 0 radical (unpaired) electrons. The fourth-order valence-corrected chi connectivity index (χ4v) is 2.07. The second kappa shape index (κ2) is 6.62. The Bertz CT molecular complexity index is 679. The molecule has 0 bridgehead atoms. The Morgan fingerprint density at radius 3 is 2.62 bits per heavy atom. The maximum Gasteiger partial charge on any atom is 0.310 e. The third kappa shape index (κ3) is 3.75. The van der Waals surface area contributed by atoms with Gasteiger partial charge in [0.15, 0.2) is 5.75 Å². The summed E-state index contributed by atoms with van der Waals surface area (Å²) in [4.78, 5) is 10.3. The highest BCUT2D eigenvalue weighted by Crippen LogP contribution is 2.29. The highest BCUT2D eigenvalue weighted by Gasteiger charge is 2.16. The lowest BCUT2D eigenvalue weighted by molar-refractivity contribution is -0.386. The lowest BCUT2D eigenvalue weighted by atomic mass is 10.2. The molecule has 0 unspecified atom stereocenters. The third-order valence-corrected chi connectivity index (χ3v) is 3.41. The van der Waals surface area contributed by atoms with Crippen LogP contribution in [0.3, 0.4) is 0 Å². The van der Waals surface area contributed by atoms with Gasteiger partial charge in [0.05, 0.1) is 4.92 Å². The number of rotatable bonds is 5. The standard InChI is InChI=1S/C14H10BrF2NO3/c15-7-9-1-4-13(18(19)20)14(5-9)21-8-10-6-11(16)2-3-12(10)17/h1-6H,7-8H2. The van der Waals surface area contributed by atoms with Crippen LogP contribution in [0.25, 0.3) is 0 Å². The molecule has 0 saturated heterocycles. The van der Waals surface area contributed by atoms with Crippen LogP contribution in [0, 0.1) is 21.7 Å². The lowest BCUT2D eigenvalue weighted by Crippen LogP contribution is -2.02. The number of halogens is 3. The van der Waals surface area contributed by atoms with Gasteiger partial charge in [-0.1, -0.05) is 22.0 Å². The monoisotopic (exact) mass is 357 g/mol. The molecule has 2 aromatic rings. The van der Waals surface area contributed by atoms with Gasteiger partial charge in [-0.2, -0.15) is 0 Å². The molecular weight excluding hydrogens is 348 g/mol. The predicted molar refractivity (Wildman–Crippen MR) is 76.4 cm³/mol. The predicted octanol–water partition coefficient (Wildman–Crippen LogP) is 4.35. The van der Waals surface area contributed by atoms with Crippen molar-refractivity contribution in [1.29, 1.82) is 0 Å². The average molecular weight is 358 g/mol. The zero-order valence-corrected chi connectivity index (χ0v) is 12.3. The molecule has 0 aliphatic rings. The summed E-state index contributed by atoms with van der Waals surface area (Å²) in [6, 6.07) is 7.36. The van der Waals surface area contributed by atoms with E-state index < -0.39 is 16.6 Å². The van der Waals surface area contributed by atoms with Crippen molar-refractivity contribution in [3.63, 3.8) is 0 Å². The smallest absolute Gasteiger partial charge is 0.310 e. The van der Waals surface area contributed by atoms with Crippen LogP contribution in [0.4, 0.5) is 14.5 Å². The molecule has 21 heavy (non-hydrogen) atoms. The molecule has 4 nitrogen and oxygen atoms in total. The molecule has 0 heterocycles. The average Bonchev–Trinajstić information content (AvgIpc) is 2.47. The molecule has 2 rings (SSSR count). The van der Waals surface area contributed by atoms with E-state index in [1.807, 2.05) is 0 Å². The molecule has 0 aromatic heterocycles. The molecule has 0 atom stereocenters. The van der Waals surface area contributed by atoms with Crippen molar-refractivity contribution in [3.8, 4) is 5.75 Å². The van der Waals surface area contributed by atoms with Crippen LogP contribution in [-0.2, 0) is 11.9 Å². The van der Waals surface area contributed by atoms with Gasteiger partial charge in [-0.15, -0.1) is 0 Å². The van der Waals surface area contributed by atoms with Crippen molar-refractivity contribution < 1.29 is 18.4 Å². The molecule has 2 aromatic carbocycles. The Balaban J connectivity index is 2.26. The number of ether oxygens (including phenoxy) is 1. The topological polar surface area (TPSA) is 52.4 Å². The number of nitro groups is 1. The maximum absolute atomic E-state index is 13.5. The minimum absolute atomic E-state index is 0.00598. The van der Waals surface area contributed by atoms with E-state index in [1.54, 1.807) is 6.07 Å². The van der Waals surface area contributed by atoms with Crippen molar-refractivity contribution in [2.75, 3.05) is 0 Å². The summed E-state index contributed by atoms with van der Waals surface area (Å²) in [7, 11) is 0. The van der Waals surface area contributed by atoms with Crippen LogP contribution in [-0.4, -0.2) is 4.92 Å². The van der Waals surface area contributed by atoms with Crippen LogP contribution in [0.5, 0.6) is 5.75 Å².